The van der Waals surface area contributed by atoms with Crippen LogP contribution in [0.5, 0.6) is 0 Å². The monoisotopic (exact) mass is 253 g/mol. The van der Waals surface area contributed by atoms with E-state index in [0.717, 1.165) is 30.2 Å². The highest BCUT2D eigenvalue weighted by molar-refractivity contribution is 5.84. The number of fused-ring (bicyclic) bond motifs is 1. The quantitative estimate of drug-likeness (QED) is 0.826. The van der Waals surface area contributed by atoms with Crippen molar-refractivity contribution in [3.05, 3.63) is 42.1 Å². The molecule has 0 saturated heterocycles. The summed E-state index contributed by atoms with van der Waals surface area (Å²) in [5, 5.41) is 1.16. The minimum absolute atomic E-state index is 0.336. The molecule has 1 aromatic heterocycles. The van der Waals surface area contributed by atoms with Crippen LogP contribution in [0.25, 0.3) is 10.9 Å². The fourth-order valence-corrected chi connectivity index (χ4v) is 3.08. The Morgan fingerprint density at radius 1 is 1.16 bits per heavy atom. The van der Waals surface area contributed by atoms with E-state index in [4.69, 9.17) is 0 Å². The van der Waals surface area contributed by atoms with E-state index in [1.54, 1.807) is 0 Å². The molecule has 2 heteroatoms. The van der Waals surface area contributed by atoms with E-state index >= 15 is 0 Å². The molecule has 0 atom stereocenters. The van der Waals surface area contributed by atoms with Crippen molar-refractivity contribution in [3.63, 3.8) is 0 Å². The van der Waals surface area contributed by atoms with Crippen LogP contribution in [0.15, 0.2) is 36.5 Å². The second-order valence-electron chi connectivity index (χ2n) is 5.44. The number of pyridine rings is 1. The van der Waals surface area contributed by atoms with E-state index in [0.29, 0.717) is 18.1 Å². The normalized spacial score (nSPS) is 16.0. The van der Waals surface area contributed by atoms with Crippen molar-refractivity contribution in [1.82, 2.24) is 4.98 Å². The molecule has 1 saturated carbocycles. The molecule has 1 aliphatic carbocycles. The van der Waals surface area contributed by atoms with Crippen LogP contribution < -0.4 is 0 Å². The number of aryl methyl sites for hydroxylation is 1. The summed E-state index contributed by atoms with van der Waals surface area (Å²) < 4.78 is 0. The standard InChI is InChI=1S/C17H19NO/c19-16(13-5-1-2-6-13)11-10-15-8-3-7-14-9-4-12-18-17(14)15/h3-4,7-9,12-13H,1-2,5-6,10-11H2. The van der Waals surface area contributed by atoms with Crippen LogP contribution in [-0.4, -0.2) is 10.8 Å². The summed E-state index contributed by atoms with van der Waals surface area (Å²) in [6.07, 6.45) is 7.98. The van der Waals surface area contributed by atoms with E-state index in [9.17, 15) is 4.79 Å². The van der Waals surface area contributed by atoms with Crippen molar-refractivity contribution in [2.45, 2.75) is 38.5 Å². The molecule has 19 heavy (non-hydrogen) atoms. The summed E-state index contributed by atoms with van der Waals surface area (Å²) in [4.78, 5) is 16.6. The van der Waals surface area contributed by atoms with Gasteiger partial charge < -0.3 is 0 Å². The van der Waals surface area contributed by atoms with Crippen LogP contribution in [0.1, 0.15) is 37.7 Å². The molecular formula is C17H19NO. The second kappa shape index (κ2) is 5.52. The maximum atomic E-state index is 12.1. The summed E-state index contributed by atoms with van der Waals surface area (Å²) >= 11 is 0. The molecule has 98 valence electrons. The highest BCUT2D eigenvalue weighted by atomic mass is 16.1. The Kier molecular flexibility index (Phi) is 3.58. The van der Waals surface area contributed by atoms with Crippen LogP contribution >= 0.6 is 0 Å². The lowest BCUT2D eigenvalue weighted by Crippen LogP contribution is -2.11. The van der Waals surface area contributed by atoms with Gasteiger partial charge in [-0.2, -0.15) is 0 Å². The van der Waals surface area contributed by atoms with Crippen LogP contribution in [0, 0.1) is 5.92 Å². The Hall–Kier alpha value is -1.70. The molecule has 0 spiro atoms. The second-order valence-corrected chi connectivity index (χ2v) is 5.44. The molecule has 1 heterocycles. The summed E-state index contributed by atoms with van der Waals surface area (Å²) in [5.41, 5.74) is 2.24. The zero-order valence-corrected chi connectivity index (χ0v) is 11.1. The highest BCUT2D eigenvalue weighted by Crippen LogP contribution is 2.27. The SMILES string of the molecule is O=C(CCc1cccc2cccnc12)C1CCCC1. The predicted molar refractivity (Wildman–Crippen MR) is 77.0 cm³/mol. The number of hydrogen-bond donors (Lipinski definition) is 0. The first-order valence-corrected chi connectivity index (χ1v) is 7.20. The molecule has 0 N–H and O–H groups in total. The van der Waals surface area contributed by atoms with Gasteiger partial charge in [0, 0.05) is 23.9 Å². The van der Waals surface area contributed by atoms with E-state index in [2.05, 4.69) is 29.2 Å². The number of Topliss-reactive ketones (excluding diaryl/α,β-unsaturated/α-hetero) is 1. The molecule has 0 radical (unpaired) electrons. The van der Waals surface area contributed by atoms with Crippen molar-refractivity contribution in [3.8, 4) is 0 Å². The fourth-order valence-electron chi connectivity index (χ4n) is 3.08. The van der Waals surface area contributed by atoms with Crippen molar-refractivity contribution in [1.29, 1.82) is 0 Å². The van der Waals surface area contributed by atoms with Gasteiger partial charge >= 0.3 is 0 Å². The minimum Gasteiger partial charge on any atom is -0.299 e. The number of benzene rings is 1. The van der Waals surface area contributed by atoms with Gasteiger partial charge in [0.2, 0.25) is 0 Å². The summed E-state index contributed by atoms with van der Waals surface area (Å²) in [7, 11) is 0. The number of ketones is 1. The lowest BCUT2D eigenvalue weighted by molar-refractivity contribution is -0.122. The van der Waals surface area contributed by atoms with E-state index in [1.807, 2.05) is 12.3 Å². The Morgan fingerprint density at radius 3 is 2.79 bits per heavy atom. The van der Waals surface area contributed by atoms with Gasteiger partial charge in [-0.05, 0) is 30.9 Å². The van der Waals surface area contributed by atoms with E-state index in [-0.39, 0.29) is 0 Å². The maximum Gasteiger partial charge on any atom is 0.136 e. The van der Waals surface area contributed by atoms with Crippen LogP contribution in [0.3, 0.4) is 0 Å². The molecule has 2 nitrogen and oxygen atoms in total. The Balaban J connectivity index is 1.73. The first-order valence-electron chi connectivity index (χ1n) is 7.20. The van der Waals surface area contributed by atoms with Gasteiger partial charge in [-0.15, -0.1) is 0 Å². The number of rotatable bonds is 4. The average Bonchev–Trinajstić information content (AvgIpc) is 2.99. The topological polar surface area (TPSA) is 30.0 Å². The van der Waals surface area contributed by atoms with E-state index in [1.165, 1.54) is 18.4 Å². The maximum absolute atomic E-state index is 12.1. The molecular weight excluding hydrogens is 234 g/mol. The van der Waals surface area contributed by atoms with Crippen molar-refractivity contribution < 1.29 is 4.79 Å². The van der Waals surface area contributed by atoms with Crippen LogP contribution in [0.4, 0.5) is 0 Å². The molecule has 0 aliphatic heterocycles. The third-order valence-electron chi connectivity index (χ3n) is 4.17. The van der Waals surface area contributed by atoms with Gasteiger partial charge in [0.05, 0.1) is 5.52 Å². The highest BCUT2D eigenvalue weighted by Gasteiger charge is 2.22. The molecule has 0 unspecified atom stereocenters. The predicted octanol–water partition coefficient (Wildman–Crippen LogP) is 3.93. The molecule has 1 fully saturated rings. The average molecular weight is 253 g/mol. The van der Waals surface area contributed by atoms with Gasteiger partial charge in [0.1, 0.15) is 5.78 Å². The largest absolute Gasteiger partial charge is 0.299 e. The molecule has 2 aromatic rings. The Morgan fingerprint density at radius 2 is 1.95 bits per heavy atom. The third kappa shape index (κ3) is 2.67. The van der Waals surface area contributed by atoms with Gasteiger partial charge in [-0.3, -0.25) is 9.78 Å². The number of carbonyl (C=O) groups excluding carboxylic acids is 1. The van der Waals surface area contributed by atoms with E-state index < -0.39 is 0 Å². The smallest absolute Gasteiger partial charge is 0.136 e. The summed E-state index contributed by atoms with van der Waals surface area (Å²) in [6.45, 7) is 0. The molecule has 3 rings (SSSR count). The Labute approximate surface area is 113 Å². The Bertz CT molecular complexity index is 579. The fraction of sp³-hybridized carbons (Fsp3) is 0.412. The zero-order valence-electron chi connectivity index (χ0n) is 11.1. The lowest BCUT2D eigenvalue weighted by atomic mass is 9.96. The van der Waals surface area contributed by atoms with Crippen LogP contribution in [-0.2, 0) is 11.2 Å². The van der Waals surface area contributed by atoms with Crippen LogP contribution in [0.2, 0.25) is 0 Å². The van der Waals surface area contributed by atoms with Gasteiger partial charge in [-0.25, -0.2) is 0 Å². The number of hydrogen-bond acceptors (Lipinski definition) is 2. The van der Waals surface area contributed by atoms with Crippen molar-refractivity contribution >= 4 is 16.7 Å². The van der Waals surface area contributed by atoms with Gasteiger partial charge in [0.25, 0.3) is 0 Å². The molecule has 0 bridgehead atoms. The van der Waals surface area contributed by atoms with Gasteiger partial charge in [-0.1, -0.05) is 37.1 Å². The molecule has 1 aromatic carbocycles. The zero-order chi connectivity index (χ0) is 13.1. The molecule has 0 amide bonds. The number of nitrogens with zero attached hydrogens (tertiary/aromatic N) is 1. The number of para-hydroxylation sites is 1. The summed E-state index contributed by atoms with van der Waals surface area (Å²) in [6, 6.07) is 10.3. The lowest BCUT2D eigenvalue weighted by Gasteiger charge is -2.09. The summed E-state index contributed by atoms with van der Waals surface area (Å²) in [5.74, 6) is 0.786. The van der Waals surface area contributed by atoms with Crippen molar-refractivity contribution in [2.24, 2.45) is 5.92 Å². The van der Waals surface area contributed by atoms with Crippen molar-refractivity contribution in [2.75, 3.05) is 0 Å². The molecule has 1 aliphatic rings. The van der Waals surface area contributed by atoms with Gasteiger partial charge in [0.15, 0.2) is 0 Å². The minimum atomic E-state index is 0.336. The first kappa shape index (κ1) is 12.3. The number of aromatic nitrogens is 1. The first-order chi connectivity index (χ1) is 9.34. The third-order valence-corrected chi connectivity index (χ3v) is 4.17. The number of carbonyl (C=O) groups is 1.